The third-order valence-electron chi connectivity index (χ3n) is 9.30. The highest BCUT2D eigenvalue weighted by Crippen LogP contribution is 2.28. The largest absolute Gasteiger partial charge is 0.407 e. The van der Waals surface area contributed by atoms with E-state index in [9.17, 15) is 9.59 Å². The van der Waals surface area contributed by atoms with Crippen LogP contribution in [0.3, 0.4) is 0 Å². The molecule has 0 aromatic carbocycles. The molecule has 0 saturated heterocycles. The number of quaternary nitrogens is 1. The van der Waals surface area contributed by atoms with Crippen molar-refractivity contribution in [3.8, 4) is 0 Å². The van der Waals surface area contributed by atoms with Gasteiger partial charge in [0.05, 0.1) is 27.6 Å². The third-order valence-corrected chi connectivity index (χ3v) is 9.30. The zero-order valence-corrected chi connectivity index (χ0v) is 32.4. The van der Waals surface area contributed by atoms with Gasteiger partial charge in [0, 0.05) is 12.8 Å². The molecular formula is C42H80NO4+. The molecule has 0 bridgehead atoms. The Balaban J connectivity index is 4.11. The van der Waals surface area contributed by atoms with Crippen LogP contribution in [0.2, 0.25) is 0 Å². The molecule has 5 heteroatoms. The highest BCUT2D eigenvalue weighted by atomic mass is 16.8. The second-order valence-corrected chi connectivity index (χ2v) is 14.7. The van der Waals surface area contributed by atoms with E-state index in [1.165, 1.54) is 116 Å². The van der Waals surface area contributed by atoms with Gasteiger partial charge in [-0.05, 0) is 64.2 Å². The summed E-state index contributed by atoms with van der Waals surface area (Å²) >= 11 is 0. The molecule has 0 aliphatic heterocycles. The van der Waals surface area contributed by atoms with Crippen molar-refractivity contribution in [2.24, 2.45) is 0 Å². The SMILES string of the molecule is CCCCCCCCC=CCCCCCCCC(=O)OC(CC)(OC(=O)CCCCCCCC=CCCCCCCCC)[N+](C)(C)C. The van der Waals surface area contributed by atoms with Crippen LogP contribution in [-0.2, 0) is 19.1 Å². The number of esters is 2. The van der Waals surface area contributed by atoms with Gasteiger partial charge in [0.2, 0.25) is 0 Å². The van der Waals surface area contributed by atoms with Gasteiger partial charge in [-0.15, -0.1) is 0 Å². The molecule has 276 valence electrons. The Labute approximate surface area is 293 Å². The summed E-state index contributed by atoms with van der Waals surface area (Å²) in [4.78, 5) is 25.7. The first-order valence-corrected chi connectivity index (χ1v) is 20.3. The van der Waals surface area contributed by atoms with E-state index in [0.29, 0.717) is 19.3 Å². The van der Waals surface area contributed by atoms with Gasteiger partial charge in [-0.3, -0.25) is 14.1 Å². The van der Waals surface area contributed by atoms with Gasteiger partial charge < -0.3 is 9.47 Å². The molecule has 0 saturated carbocycles. The molecule has 0 rings (SSSR count). The van der Waals surface area contributed by atoms with Crippen LogP contribution in [-0.4, -0.2) is 43.5 Å². The van der Waals surface area contributed by atoms with E-state index in [2.05, 4.69) is 38.2 Å². The van der Waals surface area contributed by atoms with Crippen molar-refractivity contribution in [1.82, 2.24) is 0 Å². The fourth-order valence-corrected chi connectivity index (χ4v) is 6.05. The van der Waals surface area contributed by atoms with Crippen LogP contribution in [0.1, 0.15) is 207 Å². The van der Waals surface area contributed by atoms with E-state index in [-0.39, 0.29) is 16.4 Å². The van der Waals surface area contributed by atoms with Crippen molar-refractivity contribution in [2.45, 2.75) is 213 Å². The van der Waals surface area contributed by atoms with Crippen LogP contribution in [0.15, 0.2) is 24.3 Å². The number of unbranched alkanes of at least 4 members (excludes halogenated alkanes) is 22. The molecule has 0 amide bonds. The summed E-state index contributed by atoms with van der Waals surface area (Å²) in [5, 5.41) is 0. The monoisotopic (exact) mass is 663 g/mol. The summed E-state index contributed by atoms with van der Waals surface area (Å²) < 4.78 is 12.1. The minimum absolute atomic E-state index is 0.236. The molecular weight excluding hydrogens is 582 g/mol. The minimum atomic E-state index is -1.28. The van der Waals surface area contributed by atoms with Crippen molar-refractivity contribution in [1.29, 1.82) is 0 Å². The quantitative estimate of drug-likeness (QED) is 0.0226. The molecule has 0 fully saturated rings. The normalized spacial score (nSPS) is 13.4. The van der Waals surface area contributed by atoms with Crippen molar-refractivity contribution in [3.63, 3.8) is 0 Å². The number of nitrogens with zero attached hydrogens (tertiary/aromatic N) is 1. The molecule has 0 spiro atoms. The van der Waals surface area contributed by atoms with Crippen LogP contribution in [0.4, 0.5) is 0 Å². The van der Waals surface area contributed by atoms with Gasteiger partial charge in [-0.2, -0.15) is 0 Å². The van der Waals surface area contributed by atoms with Gasteiger partial charge in [0.15, 0.2) is 0 Å². The maximum absolute atomic E-state index is 12.8. The Kier molecular flexibility index (Phi) is 30.5. The maximum atomic E-state index is 12.8. The Hall–Kier alpha value is -1.62. The lowest BCUT2D eigenvalue weighted by molar-refractivity contribution is -0.974. The van der Waals surface area contributed by atoms with E-state index < -0.39 is 5.91 Å². The molecule has 47 heavy (non-hydrogen) atoms. The Morgan fingerprint density at radius 1 is 0.447 bits per heavy atom. The molecule has 0 heterocycles. The molecule has 5 nitrogen and oxygen atoms in total. The highest BCUT2D eigenvalue weighted by Gasteiger charge is 2.50. The number of hydrogen-bond donors (Lipinski definition) is 0. The molecule has 0 radical (unpaired) electrons. The summed E-state index contributed by atoms with van der Waals surface area (Å²) in [5.41, 5.74) is 0. The van der Waals surface area contributed by atoms with E-state index in [4.69, 9.17) is 9.47 Å². The molecule has 0 unspecified atom stereocenters. The number of ether oxygens (including phenoxy) is 2. The second-order valence-electron chi connectivity index (χ2n) is 14.7. The van der Waals surface area contributed by atoms with Crippen LogP contribution < -0.4 is 0 Å². The predicted molar refractivity (Wildman–Crippen MR) is 202 cm³/mol. The van der Waals surface area contributed by atoms with Crippen molar-refractivity contribution < 1.29 is 23.5 Å². The third kappa shape index (κ3) is 27.0. The summed E-state index contributed by atoms with van der Waals surface area (Å²) in [6, 6.07) is 0. The number of carbonyl (C=O) groups is 2. The summed E-state index contributed by atoms with van der Waals surface area (Å²) in [5.74, 6) is -1.82. The average Bonchev–Trinajstić information content (AvgIpc) is 3.03. The molecule has 0 aromatic heterocycles. The Morgan fingerprint density at radius 2 is 0.723 bits per heavy atom. The summed E-state index contributed by atoms with van der Waals surface area (Å²) in [7, 11) is 5.77. The Morgan fingerprint density at radius 3 is 1.00 bits per heavy atom. The van der Waals surface area contributed by atoms with Gasteiger partial charge in [0.25, 0.3) is 0 Å². The zero-order valence-electron chi connectivity index (χ0n) is 32.4. The summed E-state index contributed by atoms with van der Waals surface area (Å²) in [6.45, 7) is 6.46. The first-order chi connectivity index (χ1) is 22.7. The van der Waals surface area contributed by atoms with Gasteiger partial charge >= 0.3 is 17.8 Å². The van der Waals surface area contributed by atoms with Crippen molar-refractivity contribution >= 4 is 11.9 Å². The Bertz CT molecular complexity index is 728. The van der Waals surface area contributed by atoms with Gasteiger partial charge in [-0.1, -0.05) is 148 Å². The van der Waals surface area contributed by atoms with E-state index in [0.717, 1.165) is 51.4 Å². The van der Waals surface area contributed by atoms with Crippen molar-refractivity contribution in [3.05, 3.63) is 24.3 Å². The first kappa shape index (κ1) is 45.4. The lowest BCUT2D eigenvalue weighted by atomic mass is 10.1. The van der Waals surface area contributed by atoms with Crippen LogP contribution >= 0.6 is 0 Å². The average molecular weight is 663 g/mol. The fraction of sp³-hybridized carbons (Fsp3) is 0.857. The lowest BCUT2D eigenvalue weighted by Crippen LogP contribution is -2.61. The first-order valence-electron chi connectivity index (χ1n) is 20.3. The predicted octanol–water partition coefficient (Wildman–Crippen LogP) is 12.9. The fourth-order valence-electron chi connectivity index (χ4n) is 6.05. The molecule has 0 aliphatic carbocycles. The number of rotatable bonds is 34. The number of hydrogen-bond acceptors (Lipinski definition) is 4. The zero-order chi connectivity index (χ0) is 34.9. The van der Waals surface area contributed by atoms with Crippen LogP contribution in [0.25, 0.3) is 0 Å². The van der Waals surface area contributed by atoms with E-state index >= 15 is 0 Å². The standard InChI is InChI=1S/C42H80NO4/c1-7-10-12-14-16-18-20-22-24-26-28-30-32-34-36-38-40(44)46-42(9-3,43(4,5)6)47-41(45)39-37-35-33-31-29-27-25-23-21-19-17-15-13-11-8-2/h22-25H,7-21,26-39H2,1-6H3/q+1. The van der Waals surface area contributed by atoms with E-state index in [1.807, 2.05) is 28.1 Å². The maximum Gasteiger partial charge on any atom is 0.407 e. The van der Waals surface area contributed by atoms with Crippen LogP contribution in [0.5, 0.6) is 0 Å². The highest BCUT2D eigenvalue weighted by molar-refractivity contribution is 5.71. The molecule has 0 N–H and O–H groups in total. The molecule has 0 atom stereocenters. The number of carbonyl (C=O) groups excluding carboxylic acids is 2. The number of allylic oxidation sites excluding steroid dienone is 4. The summed E-state index contributed by atoms with van der Waals surface area (Å²) in [6.07, 6.45) is 42.4. The lowest BCUT2D eigenvalue weighted by Gasteiger charge is -2.42. The van der Waals surface area contributed by atoms with Gasteiger partial charge in [0.1, 0.15) is 0 Å². The second kappa shape index (κ2) is 31.6. The molecule has 0 aliphatic rings. The minimum Gasteiger partial charge on any atom is -0.374 e. The molecule has 0 aromatic rings. The van der Waals surface area contributed by atoms with Crippen LogP contribution in [0, 0.1) is 0 Å². The smallest absolute Gasteiger partial charge is 0.374 e. The van der Waals surface area contributed by atoms with E-state index in [1.54, 1.807) is 0 Å². The van der Waals surface area contributed by atoms with Crippen molar-refractivity contribution in [2.75, 3.05) is 21.1 Å². The topological polar surface area (TPSA) is 52.6 Å². The van der Waals surface area contributed by atoms with Gasteiger partial charge in [-0.25, -0.2) is 0 Å².